The monoisotopic (exact) mass is 354 g/mol. The summed E-state index contributed by atoms with van der Waals surface area (Å²) in [4.78, 5) is 24.4. The second kappa shape index (κ2) is 9.29. The SMILES string of the molecule is CCC(CC)(CN)NC(=O)CCc1nc(-c2ncccn2)no1.Cl. The lowest BCUT2D eigenvalue weighted by Gasteiger charge is -2.31. The third kappa shape index (κ3) is 4.97. The third-order valence-corrected chi connectivity index (χ3v) is 3.95. The Morgan fingerprint density at radius 1 is 1.25 bits per heavy atom. The van der Waals surface area contributed by atoms with Gasteiger partial charge in [-0.15, -0.1) is 12.4 Å². The van der Waals surface area contributed by atoms with Gasteiger partial charge in [-0.1, -0.05) is 19.0 Å². The van der Waals surface area contributed by atoms with E-state index in [9.17, 15) is 4.79 Å². The molecule has 2 rings (SSSR count). The Bertz CT molecular complexity index is 622. The number of hydrogen-bond donors (Lipinski definition) is 2. The molecular formula is C15H23ClN6O2. The molecule has 9 heteroatoms. The zero-order valence-electron chi connectivity index (χ0n) is 13.9. The van der Waals surface area contributed by atoms with Crippen molar-refractivity contribution in [1.29, 1.82) is 0 Å². The Hall–Kier alpha value is -2.06. The fourth-order valence-electron chi connectivity index (χ4n) is 2.21. The van der Waals surface area contributed by atoms with E-state index < -0.39 is 0 Å². The van der Waals surface area contributed by atoms with Crippen LogP contribution in [0.15, 0.2) is 23.0 Å². The van der Waals surface area contributed by atoms with Gasteiger partial charge >= 0.3 is 0 Å². The van der Waals surface area contributed by atoms with Gasteiger partial charge in [-0.05, 0) is 18.9 Å². The second-order valence-electron chi connectivity index (χ2n) is 5.32. The highest BCUT2D eigenvalue weighted by Crippen LogP contribution is 2.14. The van der Waals surface area contributed by atoms with Gasteiger partial charge in [0.1, 0.15) is 0 Å². The highest BCUT2D eigenvalue weighted by molar-refractivity contribution is 5.85. The lowest BCUT2D eigenvalue weighted by Crippen LogP contribution is -2.52. The van der Waals surface area contributed by atoms with E-state index in [0.29, 0.717) is 30.5 Å². The maximum Gasteiger partial charge on any atom is 0.240 e. The van der Waals surface area contributed by atoms with E-state index in [0.717, 1.165) is 12.8 Å². The maximum absolute atomic E-state index is 12.1. The van der Waals surface area contributed by atoms with Crippen LogP contribution in [0.1, 0.15) is 39.0 Å². The van der Waals surface area contributed by atoms with Crippen LogP contribution < -0.4 is 11.1 Å². The quantitative estimate of drug-likeness (QED) is 0.737. The molecule has 132 valence electrons. The van der Waals surface area contributed by atoms with Gasteiger partial charge in [-0.2, -0.15) is 4.98 Å². The molecule has 2 heterocycles. The zero-order chi connectivity index (χ0) is 16.7. The molecule has 1 amide bonds. The number of hydrogen-bond acceptors (Lipinski definition) is 7. The highest BCUT2D eigenvalue weighted by atomic mass is 35.5. The standard InChI is InChI=1S/C15H22N6O2.ClH/c1-3-15(4-2,10-16)20-11(22)6-7-12-19-14(21-23-12)13-17-8-5-9-18-13;/h5,8-9H,3-4,6-7,10,16H2,1-2H3,(H,20,22);1H. The predicted molar refractivity (Wildman–Crippen MR) is 91.4 cm³/mol. The average molecular weight is 355 g/mol. The Balaban J connectivity index is 0.00000288. The molecule has 0 fully saturated rings. The second-order valence-corrected chi connectivity index (χ2v) is 5.32. The van der Waals surface area contributed by atoms with Crippen molar-refractivity contribution < 1.29 is 9.32 Å². The summed E-state index contributed by atoms with van der Waals surface area (Å²) in [5, 5.41) is 6.83. The molecule has 0 saturated carbocycles. The van der Waals surface area contributed by atoms with Gasteiger partial charge in [0.25, 0.3) is 0 Å². The predicted octanol–water partition coefficient (Wildman–Crippen LogP) is 1.51. The molecule has 0 spiro atoms. The number of halogens is 1. The van der Waals surface area contributed by atoms with E-state index in [2.05, 4.69) is 25.4 Å². The molecular weight excluding hydrogens is 332 g/mol. The Kier molecular flexibility index (Phi) is 7.73. The van der Waals surface area contributed by atoms with Gasteiger partial charge in [-0.25, -0.2) is 9.97 Å². The summed E-state index contributed by atoms with van der Waals surface area (Å²) in [6.07, 6.45) is 5.42. The lowest BCUT2D eigenvalue weighted by atomic mass is 9.92. The van der Waals surface area contributed by atoms with Gasteiger partial charge in [0, 0.05) is 31.8 Å². The summed E-state index contributed by atoms with van der Waals surface area (Å²) in [5.74, 6) is 1.02. The molecule has 0 unspecified atom stereocenters. The Labute approximate surface area is 147 Å². The first kappa shape index (κ1) is 20.0. The van der Waals surface area contributed by atoms with Crippen LogP contribution in [0.3, 0.4) is 0 Å². The molecule has 0 bridgehead atoms. The molecule has 8 nitrogen and oxygen atoms in total. The summed E-state index contributed by atoms with van der Waals surface area (Å²) >= 11 is 0. The van der Waals surface area contributed by atoms with Crippen molar-refractivity contribution in [1.82, 2.24) is 25.4 Å². The summed E-state index contributed by atoms with van der Waals surface area (Å²) in [7, 11) is 0. The Morgan fingerprint density at radius 2 is 1.92 bits per heavy atom. The van der Waals surface area contributed by atoms with Crippen molar-refractivity contribution in [2.24, 2.45) is 5.73 Å². The average Bonchev–Trinajstić information content (AvgIpc) is 3.08. The minimum atomic E-state index is -0.338. The van der Waals surface area contributed by atoms with Gasteiger partial charge in [0.2, 0.25) is 23.4 Å². The highest BCUT2D eigenvalue weighted by Gasteiger charge is 2.26. The number of carbonyl (C=O) groups excluding carboxylic acids is 1. The number of nitrogens with two attached hydrogens (primary N) is 1. The maximum atomic E-state index is 12.1. The van der Waals surface area contributed by atoms with Crippen LogP contribution in [0, 0.1) is 0 Å². The van der Waals surface area contributed by atoms with Gasteiger partial charge in [0.05, 0.1) is 5.54 Å². The molecule has 0 aliphatic rings. The molecule has 0 saturated heterocycles. The first-order chi connectivity index (χ1) is 11.1. The van der Waals surface area contributed by atoms with Crippen molar-refractivity contribution in [2.45, 2.75) is 45.1 Å². The summed E-state index contributed by atoms with van der Waals surface area (Å²) in [6.45, 7) is 4.45. The molecule has 0 aliphatic heterocycles. The number of aromatic nitrogens is 4. The minimum Gasteiger partial charge on any atom is -0.349 e. The summed E-state index contributed by atoms with van der Waals surface area (Å²) in [5.41, 5.74) is 5.44. The fraction of sp³-hybridized carbons (Fsp3) is 0.533. The number of nitrogens with one attached hydrogen (secondary N) is 1. The van der Waals surface area contributed by atoms with Crippen molar-refractivity contribution in [3.8, 4) is 11.6 Å². The molecule has 24 heavy (non-hydrogen) atoms. The van der Waals surface area contributed by atoms with Crippen molar-refractivity contribution in [3.05, 3.63) is 24.4 Å². The van der Waals surface area contributed by atoms with Crippen molar-refractivity contribution in [2.75, 3.05) is 6.54 Å². The van der Waals surface area contributed by atoms with E-state index in [4.69, 9.17) is 10.3 Å². The van der Waals surface area contributed by atoms with E-state index >= 15 is 0 Å². The first-order valence-electron chi connectivity index (χ1n) is 7.73. The summed E-state index contributed by atoms with van der Waals surface area (Å²) in [6, 6.07) is 1.71. The first-order valence-corrected chi connectivity index (χ1v) is 7.73. The van der Waals surface area contributed by atoms with Crippen molar-refractivity contribution >= 4 is 18.3 Å². The fourth-order valence-corrected chi connectivity index (χ4v) is 2.21. The molecule has 2 aromatic heterocycles. The number of nitrogens with zero attached hydrogens (tertiary/aromatic N) is 4. The Morgan fingerprint density at radius 3 is 2.50 bits per heavy atom. The molecule has 2 aromatic rings. The zero-order valence-corrected chi connectivity index (χ0v) is 14.7. The third-order valence-electron chi connectivity index (χ3n) is 3.95. The van der Waals surface area contributed by atoms with E-state index in [1.54, 1.807) is 18.5 Å². The molecule has 0 aliphatic carbocycles. The molecule has 0 radical (unpaired) electrons. The van der Waals surface area contributed by atoms with E-state index in [-0.39, 0.29) is 30.3 Å². The van der Waals surface area contributed by atoms with Gasteiger partial charge < -0.3 is 15.6 Å². The van der Waals surface area contributed by atoms with Crippen LogP contribution in [0.25, 0.3) is 11.6 Å². The van der Waals surface area contributed by atoms with Crippen LogP contribution in [0.2, 0.25) is 0 Å². The lowest BCUT2D eigenvalue weighted by molar-refractivity contribution is -0.123. The largest absolute Gasteiger partial charge is 0.349 e. The normalized spacial score (nSPS) is 11.0. The van der Waals surface area contributed by atoms with Crippen LogP contribution in [-0.4, -0.2) is 38.1 Å². The van der Waals surface area contributed by atoms with Gasteiger partial charge in [0.15, 0.2) is 0 Å². The van der Waals surface area contributed by atoms with Crippen molar-refractivity contribution in [3.63, 3.8) is 0 Å². The number of carbonyl (C=O) groups is 1. The molecule has 0 aromatic carbocycles. The summed E-state index contributed by atoms with van der Waals surface area (Å²) < 4.78 is 5.13. The van der Waals surface area contributed by atoms with E-state index in [1.165, 1.54) is 0 Å². The number of amides is 1. The van der Waals surface area contributed by atoms with Crippen LogP contribution in [0.5, 0.6) is 0 Å². The van der Waals surface area contributed by atoms with Crippen LogP contribution in [0.4, 0.5) is 0 Å². The number of rotatable bonds is 8. The van der Waals surface area contributed by atoms with Gasteiger partial charge in [-0.3, -0.25) is 4.79 Å². The molecule has 3 N–H and O–H groups in total. The topological polar surface area (TPSA) is 120 Å². The van der Waals surface area contributed by atoms with E-state index in [1.807, 2.05) is 13.8 Å². The molecule has 0 atom stereocenters. The number of aryl methyl sites for hydroxylation is 1. The smallest absolute Gasteiger partial charge is 0.240 e. The van der Waals surface area contributed by atoms with Crippen LogP contribution in [-0.2, 0) is 11.2 Å². The van der Waals surface area contributed by atoms with Crippen LogP contribution >= 0.6 is 12.4 Å². The minimum absolute atomic E-state index is 0.